The van der Waals surface area contributed by atoms with Gasteiger partial charge in [-0.25, -0.2) is 0 Å². The van der Waals surface area contributed by atoms with E-state index in [1.807, 2.05) is 0 Å². The van der Waals surface area contributed by atoms with Crippen molar-refractivity contribution < 1.29 is 4.74 Å². The lowest BCUT2D eigenvalue weighted by Gasteiger charge is -2.19. The maximum Gasteiger partial charge on any atom is 0.119 e. The van der Waals surface area contributed by atoms with E-state index >= 15 is 0 Å². The molecule has 0 aromatic heterocycles. The summed E-state index contributed by atoms with van der Waals surface area (Å²) in [5.41, 5.74) is 4.13. The summed E-state index contributed by atoms with van der Waals surface area (Å²) >= 11 is 0. The van der Waals surface area contributed by atoms with E-state index in [0.717, 1.165) is 5.75 Å². The Morgan fingerprint density at radius 3 is 2.00 bits per heavy atom. The highest BCUT2D eigenvalue weighted by Gasteiger charge is 2.12. The summed E-state index contributed by atoms with van der Waals surface area (Å²) in [6.07, 6.45) is 1.18. The van der Waals surface area contributed by atoms with Gasteiger partial charge in [-0.3, -0.25) is 0 Å². The van der Waals surface area contributed by atoms with Crippen LogP contribution < -0.4 is 4.74 Å². The third-order valence-electron chi connectivity index (χ3n) is 4.29. The van der Waals surface area contributed by atoms with Crippen LogP contribution in [-0.4, -0.2) is 0 Å². The van der Waals surface area contributed by atoms with E-state index < -0.39 is 0 Å². The van der Waals surface area contributed by atoms with Crippen molar-refractivity contribution in [2.75, 3.05) is 0 Å². The summed E-state index contributed by atoms with van der Waals surface area (Å²) in [6, 6.07) is 17.2. The minimum absolute atomic E-state index is 0.185. The minimum atomic E-state index is 0.185. The van der Waals surface area contributed by atoms with Gasteiger partial charge < -0.3 is 4.74 Å². The summed E-state index contributed by atoms with van der Waals surface area (Å²) < 4.78 is 5.89. The Balaban J connectivity index is 1.95. The third-order valence-corrected chi connectivity index (χ3v) is 4.29. The zero-order chi connectivity index (χ0) is 16.2. The van der Waals surface area contributed by atoms with E-state index in [1.165, 1.54) is 23.1 Å². The van der Waals surface area contributed by atoms with Crippen LogP contribution in [0.2, 0.25) is 0 Å². The zero-order valence-electron chi connectivity index (χ0n) is 14.5. The van der Waals surface area contributed by atoms with Gasteiger partial charge in [0.15, 0.2) is 0 Å². The molecule has 0 saturated carbocycles. The first-order chi connectivity index (χ1) is 10.4. The van der Waals surface area contributed by atoms with Crippen LogP contribution in [0.5, 0.6) is 5.75 Å². The minimum Gasteiger partial charge on any atom is -0.489 e. The average molecular weight is 296 g/mol. The molecule has 2 rings (SSSR count). The second kappa shape index (κ2) is 7.00. The van der Waals surface area contributed by atoms with Crippen LogP contribution in [0.15, 0.2) is 48.5 Å². The molecule has 0 radical (unpaired) electrons. The van der Waals surface area contributed by atoms with E-state index in [0.29, 0.717) is 12.5 Å². The summed E-state index contributed by atoms with van der Waals surface area (Å²) in [4.78, 5) is 0. The average Bonchev–Trinajstić information content (AvgIpc) is 2.52. The van der Waals surface area contributed by atoms with Crippen molar-refractivity contribution in [2.24, 2.45) is 0 Å². The fourth-order valence-corrected chi connectivity index (χ4v) is 2.40. The maximum atomic E-state index is 5.89. The van der Waals surface area contributed by atoms with Crippen molar-refractivity contribution in [2.45, 2.75) is 59.0 Å². The zero-order valence-corrected chi connectivity index (χ0v) is 14.5. The highest BCUT2D eigenvalue weighted by Crippen LogP contribution is 2.25. The van der Waals surface area contributed by atoms with Gasteiger partial charge in [-0.2, -0.15) is 0 Å². The number of benzene rings is 2. The van der Waals surface area contributed by atoms with Crippen molar-refractivity contribution in [1.29, 1.82) is 0 Å². The van der Waals surface area contributed by atoms with Gasteiger partial charge in [0.1, 0.15) is 12.4 Å². The number of hydrogen-bond donors (Lipinski definition) is 0. The second-order valence-electron chi connectivity index (χ2n) is 7.11. The van der Waals surface area contributed by atoms with E-state index in [1.54, 1.807) is 0 Å². The molecule has 0 bridgehead atoms. The third kappa shape index (κ3) is 4.37. The van der Waals surface area contributed by atoms with Crippen LogP contribution in [0.3, 0.4) is 0 Å². The van der Waals surface area contributed by atoms with Crippen molar-refractivity contribution >= 4 is 0 Å². The van der Waals surface area contributed by atoms with Crippen LogP contribution in [-0.2, 0) is 12.0 Å². The maximum absolute atomic E-state index is 5.89. The first-order valence-electron chi connectivity index (χ1n) is 8.22. The molecule has 0 aliphatic carbocycles. The molecule has 0 heterocycles. The van der Waals surface area contributed by atoms with Gasteiger partial charge >= 0.3 is 0 Å². The Hall–Kier alpha value is -1.76. The van der Waals surface area contributed by atoms with E-state index in [4.69, 9.17) is 4.74 Å². The molecule has 0 spiro atoms. The predicted octanol–water partition coefficient (Wildman–Crippen LogP) is 6.08. The Kier molecular flexibility index (Phi) is 5.28. The quantitative estimate of drug-likeness (QED) is 0.650. The molecular weight excluding hydrogens is 268 g/mol. The molecule has 1 heteroatoms. The van der Waals surface area contributed by atoms with Gasteiger partial charge in [-0.05, 0) is 46.6 Å². The molecule has 22 heavy (non-hydrogen) atoms. The van der Waals surface area contributed by atoms with Gasteiger partial charge in [-0.1, -0.05) is 71.0 Å². The molecular formula is C21H28O. The molecule has 1 atom stereocenters. The van der Waals surface area contributed by atoms with Crippen molar-refractivity contribution in [1.82, 2.24) is 0 Å². The summed E-state index contributed by atoms with van der Waals surface area (Å²) in [6.45, 7) is 11.8. The van der Waals surface area contributed by atoms with Crippen LogP contribution in [0.1, 0.15) is 63.6 Å². The summed E-state index contributed by atoms with van der Waals surface area (Å²) in [7, 11) is 0. The van der Waals surface area contributed by atoms with Crippen molar-refractivity contribution in [3.8, 4) is 5.75 Å². The topological polar surface area (TPSA) is 9.23 Å². The number of hydrogen-bond acceptors (Lipinski definition) is 1. The molecule has 0 fully saturated rings. The highest BCUT2D eigenvalue weighted by molar-refractivity contribution is 5.31. The molecule has 118 valence electrons. The van der Waals surface area contributed by atoms with Gasteiger partial charge in [-0.15, -0.1) is 0 Å². The van der Waals surface area contributed by atoms with Gasteiger partial charge in [0.25, 0.3) is 0 Å². The predicted molar refractivity (Wildman–Crippen MR) is 94.6 cm³/mol. The van der Waals surface area contributed by atoms with Crippen molar-refractivity contribution in [3.63, 3.8) is 0 Å². The standard InChI is InChI=1S/C21H28O/c1-6-16(2)18-9-7-17(8-10-18)15-22-20-13-11-19(12-14-20)21(3,4)5/h7-14,16H,6,15H2,1-5H3. The smallest absolute Gasteiger partial charge is 0.119 e. The molecule has 0 aliphatic heterocycles. The number of rotatable bonds is 5. The van der Waals surface area contributed by atoms with E-state index in [2.05, 4.69) is 83.1 Å². The van der Waals surface area contributed by atoms with Crippen molar-refractivity contribution in [3.05, 3.63) is 65.2 Å². The largest absolute Gasteiger partial charge is 0.489 e. The number of ether oxygens (including phenoxy) is 1. The van der Waals surface area contributed by atoms with Gasteiger partial charge in [0, 0.05) is 0 Å². The first kappa shape index (κ1) is 16.6. The molecule has 1 unspecified atom stereocenters. The fourth-order valence-electron chi connectivity index (χ4n) is 2.40. The lowest BCUT2D eigenvalue weighted by Crippen LogP contribution is -2.10. The van der Waals surface area contributed by atoms with Crippen LogP contribution in [0.4, 0.5) is 0 Å². The van der Waals surface area contributed by atoms with Crippen LogP contribution in [0.25, 0.3) is 0 Å². The molecule has 2 aromatic carbocycles. The molecule has 2 aromatic rings. The van der Waals surface area contributed by atoms with Gasteiger partial charge in [0.2, 0.25) is 0 Å². The lowest BCUT2D eigenvalue weighted by atomic mass is 9.87. The molecule has 0 amide bonds. The van der Waals surface area contributed by atoms with E-state index in [9.17, 15) is 0 Å². The Morgan fingerprint density at radius 2 is 1.50 bits per heavy atom. The molecule has 0 saturated heterocycles. The van der Waals surface area contributed by atoms with Gasteiger partial charge in [0.05, 0.1) is 0 Å². The molecule has 0 aliphatic rings. The lowest BCUT2D eigenvalue weighted by molar-refractivity contribution is 0.306. The SMILES string of the molecule is CCC(C)c1ccc(COc2ccc(C(C)(C)C)cc2)cc1. The van der Waals surface area contributed by atoms with Crippen LogP contribution in [0, 0.1) is 0 Å². The highest BCUT2D eigenvalue weighted by atomic mass is 16.5. The Labute approximate surface area is 135 Å². The molecule has 1 nitrogen and oxygen atoms in total. The first-order valence-corrected chi connectivity index (χ1v) is 8.22. The fraction of sp³-hybridized carbons (Fsp3) is 0.429. The molecule has 0 N–H and O–H groups in total. The Bertz CT molecular complexity index is 573. The summed E-state index contributed by atoms with van der Waals surface area (Å²) in [5.74, 6) is 1.55. The summed E-state index contributed by atoms with van der Waals surface area (Å²) in [5, 5.41) is 0. The van der Waals surface area contributed by atoms with E-state index in [-0.39, 0.29) is 5.41 Å². The Morgan fingerprint density at radius 1 is 0.909 bits per heavy atom. The van der Waals surface area contributed by atoms with Crippen LogP contribution >= 0.6 is 0 Å². The normalized spacial score (nSPS) is 13.0. The monoisotopic (exact) mass is 296 g/mol. The second-order valence-corrected chi connectivity index (χ2v) is 7.11.